The Morgan fingerprint density at radius 1 is 1.45 bits per heavy atom. The van der Waals surface area contributed by atoms with Gasteiger partial charge in [-0.3, -0.25) is 0 Å². The van der Waals surface area contributed by atoms with Gasteiger partial charge in [0.05, 0.1) is 0 Å². The van der Waals surface area contributed by atoms with E-state index in [9.17, 15) is 4.79 Å². The Bertz CT molecular complexity index is 92.7. The molecule has 0 N–H and O–H groups in total. The van der Waals surface area contributed by atoms with E-state index >= 15 is 0 Å². The normalized spacial score (nSPS) is 15.5. The number of hydrogen-bond acceptors (Lipinski definition) is 2. The fourth-order valence-electron chi connectivity index (χ4n) is 0.862. The van der Waals surface area contributed by atoms with Crippen LogP contribution >= 0.6 is 0 Å². The molecule has 60 valence electrons. The summed E-state index contributed by atoms with van der Waals surface area (Å²) in [5, 5.41) is 0. The van der Waals surface area contributed by atoms with Gasteiger partial charge in [0.1, 0.15) is 0 Å². The van der Waals surface area contributed by atoms with Gasteiger partial charge in [0, 0.05) is 13.2 Å². The second-order valence-electron chi connectivity index (χ2n) is 2.77. The van der Waals surface area contributed by atoms with Crippen molar-refractivity contribution in [1.29, 1.82) is 0 Å². The van der Waals surface area contributed by atoms with E-state index < -0.39 is 0 Å². The van der Waals surface area contributed by atoms with Gasteiger partial charge in [0.15, 0.2) is 0 Å². The van der Waals surface area contributed by atoms with Crippen LogP contribution in [0.1, 0.15) is 32.6 Å². The predicted octanol–water partition coefficient (Wildman–Crippen LogP) is 1.28. The number of hydrogen-bond donors (Lipinski definition) is 0. The Hall–Kier alpha value is 0.227. The summed E-state index contributed by atoms with van der Waals surface area (Å²) in [6.45, 7) is 4.00. The van der Waals surface area contributed by atoms with Crippen LogP contribution in [0.25, 0.3) is 0 Å². The molecule has 1 saturated heterocycles. The third kappa shape index (κ3) is 10.2. The molecule has 1 aliphatic heterocycles. The van der Waals surface area contributed by atoms with Crippen LogP contribution in [0, 0.1) is 0 Å². The quantitative estimate of drug-likeness (QED) is 0.554. The van der Waals surface area contributed by atoms with Crippen molar-refractivity contribution >= 4 is 22.2 Å². The average Bonchev–Trinajstić information content (AvgIpc) is 2.41. The van der Waals surface area contributed by atoms with Gasteiger partial charge in [-0.15, -0.1) is 0 Å². The molecule has 0 radical (unpaired) electrons. The van der Waals surface area contributed by atoms with Crippen LogP contribution in [-0.2, 0) is 9.53 Å². The molecule has 0 spiro atoms. The monoisotopic (exact) mass is 150 g/mol. The zero-order valence-corrected chi connectivity index (χ0v) is 7.56. The van der Waals surface area contributed by atoms with E-state index in [0.717, 1.165) is 26.1 Å². The summed E-state index contributed by atoms with van der Waals surface area (Å²) in [7, 11) is 0. The van der Waals surface area contributed by atoms with Gasteiger partial charge in [-0.1, -0.05) is 0 Å². The first kappa shape index (κ1) is 11.2. The molecule has 0 amide bonds. The second-order valence-corrected chi connectivity index (χ2v) is 2.77. The van der Waals surface area contributed by atoms with Gasteiger partial charge in [-0.05, 0) is 12.8 Å². The van der Waals surface area contributed by atoms with Crippen molar-refractivity contribution in [3.63, 3.8) is 0 Å². The molecule has 0 aromatic carbocycles. The predicted molar refractivity (Wildman–Crippen MR) is 45.7 cm³/mol. The van der Waals surface area contributed by atoms with Crippen LogP contribution in [0.5, 0.6) is 0 Å². The maximum atomic E-state index is 10.0. The van der Waals surface area contributed by atoms with Gasteiger partial charge in [0.25, 0.3) is 0 Å². The minimum atomic E-state index is 0.289. The molecule has 1 rings (SSSR count). The molecule has 1 heterocycles. The van der Waals surface area contributed by atoms with Gasteiger partial charge in [-0.2, -0.15) is 0 Å². The maximum absolute atomic E-state index is 10.0. The molecule has 11 heavy (non-hydrogen) atoms. The molecule has 3 heteroatoms. The number of carbonyl (C=O) groups is 1. The molecule has 1 aliphatic rings. The molecule has 0 unspecified atom stereocenters. The first-order chi connectivity index (χ1) is 5.27. The van der Waals surface area contributed by atoms with Crippen molar-refractivity contribution in [3.05, 3.63) is 0 Å². The van der Waals surface area contributed by atoms with E-state index in [1.807, 2.05) is 6.92 Å². The first-order valence-electron chi connectivity index (χ1n) is 4.34. The SMILES string of the molecule is C1CCOC1.[Li][C](=O)CCC. The average molecular weight is 150 g/mol. The third-order valence-electron chi connectivity index (χ3n) is 1.43. The van der Waals surface area contributed by atoms with Crippen molar-refractivity contribution in [2.75, 3.05) is 13.2 Å². The van der Waals surface area contributed by atoms with Crippen LogP contribution in [-0.4, -0.2) is 35.4 Å². The van der Waals surface area contributed by atoms with Gasteiger partial charge in [0.2, 0.25) is 0 Å². The summed E-state index contributed by atoms with van der Waals surface area (Å²) in [5.74, 6) is 0. The van der Waals surface area contributed by atoms with E-state index in [1.54, 1.807) is 17.7 Å². The second kappa shape index (κ2) is 8.33. The topological polar surface area (TPSA) is 26.3 Å². The van der Waals surface area contributed by atoms with E-state index in [1.165, 1.54) is 12.8 Å². The van der Waals surface area contributed by atoms with Gasteiger partial charge >= 0.3 is 46.7 Å². The van der Waals surface area contributed by atoms with Crippen molar-refractivity contribution < 1.29 is 9.53 Å². The third-order valence-corrected chi connectivity index (χ3v) is 1.43. The van der Waals surface area contributed by atoms with E-state index in [-0.39, 0.29) is 4.46 Å². The standard InChI is InChI=1S/C4H8O.C4H7O.Li/c1-2-4-5-3-1;1-2-3-4-5;/h1-4H2;2-3H2,1H3;. The molecule has 1 fully saturated rings. The van der Waals surface area contributed by atoms with Crippen molar-refractivity contribution in [1.82, 2.24) is 0 Å². The molecule has 0 atom stereocenters. The Kier molecular flexibility index (Phi) is 8.50. The van der Waals surface area contributed by atoms with E-state index in [4.69, 9.17) is 4.74 Å². The van der Waals surface area contributed by atoms with Crippen LogP contribution in [0.4, 0.5) is 0 Å². The summed E-state index contributed by atoms with van der Waals surface area (Å²) >= 11 is 1.61. The van der Waals surface area contributed by atoms with Gasteiger partial charge in [-0.25, -0.2) is 0 Å². The van der Waals surface area contributed by atoms with E-state index in [2.05, 4.69) is 0 Å². The van der Waals surface area contributed by atoms with Crippen LogP contribution < -0.4 is 0 Å². The molecular formula is C8H15LiO2. The Balaban J connectivity index is 0.000000183. The van der Waals surface area contributed by atoms with Crippen LogP contribution in [0.2, 0.25) is 0 Å². The summed E-state index contributed by atoms with van der Waals surface area (Å²) < 4.78 is 5.23. The van der Waals surface area contributed by atoms with Crippen molar-refractivity contribution in [2.45, 2.75) is 32.6 Å². The number of carbonyl (C=O) groups excluding carboxylic acids is 1. The Labute approximate surface area is 77.9 Å². The molecule has 0 saturated carbocycles. The van der Waals surface area contributed by atoms with Crippen LogP contribution in [0.15, 0.2) is 0 Å². The van der Waals surface area contributed by atoms with Crippen LogP contribution in [0.3, 0.4) is 0 Å². The summed E-state index contributed by atoms with van der Waals surface area (Å²) in [4.78, 5) is 10.0. The van der Waals surface area contributed by atoms with E-state index in [0.29, 0.717) is 0 Å². The molecular weight excluding hydrogens is 135 g/mol. The van der Waals surface area contributed by atoms with Crippen molar-refractivity contribution in [3.8, 4) is 0 Å². The number of ether oxygens (including phenoxy) is 1. The van der Waals surface area contributed by atoms with Crippen molar-refractivity contribution in [2.24, 2.45) is 0 Å². The minimum absolute atomic E-state index is 0.289. The fraction of sp³-hybridized carbons (Fsp3) is 0.875. The number of rotatable bonds is 2. The molecule has 0 bridgehead atoms. The molecule has 0 aromatic heterocycles. The van der Waals surface area contributed by atoms with Gasteiger partial charge < -0.3 is 4.74 Å². The Morgan fingerprint density at radius 2 is 2.00 bits per heavy atom. The summed E-state index contributed by atoms with van der Waals surface area (Å²) in [6, 6.07) is 0. The zero-order chi connectivity index (χ0) is 8.53. The summed E-state index contributed by atoms with van der Waals surface area (Å²) in [6.07, 6.45) is 4.27. The first-order valence-corrected chi connectivity index (χ1v) is 4.34. The summed E-state index contributed by atoms with van der Waals surface area (Å²) in [5.41, 5.74) is 0. The molecule has 2 nitrogen and oxygen atoms in total. The molecule has 0 aliphatic carbocycles. The molecule has 0 aromatic rings. The fourth-order valence-corrected chi connectivity index (χ4v) is 0.862. The Morgan fingerprint density at radius 3 is 2.09 bits per heavy atom. The zero-order valence-electron chi connectivity index (χ0n) is 7.56.